The molecule has 0 aliphatic carbocycles. The second-order valence-corrected chi connectivity index (χ2v) is 4.79. The summed E-state index contributed by atoms with van der Waals surface area (Å²) < 4.78 is -0.0127. The summed E-state index contributed by atoms with van der Waals surface area (Å²) in [5.74, 6) is -0.163. The highest BCUT2D eigenvalue weighted by molar-refractivity contribution is 9.10. The number of nitrogens with one attached hydrogen (secondary N) is 1. The minimum absolute atomic E-state index is 0.0127. The van der Waals surface area contributed by atoms with E-state index < -0.39 is 5.56 Å². The Morgan fingerprint density at radius 2 is 2.00 bits per heavy atom. The Kier molecular flexibility index (Phi) is 3.42. The Balaban J connectivity index is 2.61. The van der Waals surface area contributed by atoms with E-state index in [-0.39, 0.29) is 16.2 Å². The first-order valence-corrected chi connectivity index (χ1v) is 5.98. The molecule has 1 aromatic carbocycles. The summed E-state index contributed by atoms with van der Waals surface area (Å²) in [6.45, 7) is 0. The standard InChI is InChI=1S/C10H5BrCl2N2O2/c11-7-9(16)14-8(15-10(7)17)4-1-2-5(12)6(13)3-4/h1-3H,(H2,14,15,16,17). The van der Waals surface area contributed by atoms with Gasteiger partial charge in [-0.3, -0.25) is 4.79 Å². The van der Waals surface area contributed by atoms with Gasteiger partial charge in [0.05, 0.1) is 10.0 Å². The number of hydrogen-bond acceptors (Lipinski definition) is 3. The summed E-state index contributed by atoms with van der Waals surface area (Å²) >= 11 is 14.5. The van der Waals surface area contributed by atoms with Gasteiger partial charge in [0.25, 0.3) is 5.56 Å². The number of H-pyrrole nitrogens is 1. The van der Waals surface area contributed by atoms with E-state index in [0.717, 1.165) is 0 Å². The van der Waals surface area contributed by atoms with Crippen LogP contribution in [0, 0.1) is 0 Å². The number of aromatic nitrogens is 2. The van der Waals surface area contributed by atoms with Gasteiger partial charge < -0.3 is 10.1 Å². The van der Waals surface area contributed by atoms with Crippen LogP contribution in [0.4, 0.5) is 0 Å². The minimum Gasteiger partial charge on any atom is -0.492 e. The maximum Gasteiger partial charge on any atom is 0.269 e. The van der Waals surface area contributed by atoms with Crippen LogP contribution in [0.25, 0.3) is 11.4 Å². The molecular formula is C10H5BrCl2N2O2. The lowest BCUT2D eigenvalue weighted by Gasteiger charge is -2.03. The summed E-state index contributed by atoms with van der Waals surface area (Å²) in [4.78, 5) is 17.8. The summed E-state index contributed by atoms with van der Waals surface area (Å²) in [6, 6.07) is 4.77. The molecule has 17 heavy (non-hydrogen) atoms. The highest BCUT2D eigenvalue weighted by Crippen LogP contribution is 2.27. The Morgan fingerprint density at radius 3 is 2.59 bits per heavy atom. The maximum absolute atomic E-state index is 11.4. The summed E-state index contributed by atoms with van der Waals surface area (Å²) in [5, 5.41) is 10.2. The number of benzene rings is 1. The largest absolute Gasteiger partial charge is 0.492 e. The molecule has 0 unspecified atom stereocenters. The lowest BCUT2D eigenvalue weighted by Crippen LogP contribution is -2.09. The van der Waals surface area contributed by atoms with Crippen LogP contribution in [-0.4, -0.2) is 15.1 Å². The van der Waals surface area contributed by atoms with E-state index in [0.29, 0.717) is 15.6 Å². The van der Waals surface area contributed by atoms with E-state index in [2.05, 4.69) is 25.9 Å². The predicted molar refractivity (Wildman–Crippen MR) is 69.7 cm³/mol. The van der Waals surface area contributed by atoms with Gasteiger partial charge in [-0.2, -0.15) is 4.98 Å². The van der Waals surface area contributed by atoms with Crippen LogP contribution in [0.15, 0.2) is 27.5 Å². The lowest BCUT2D eigenvalue weighted by molar-refractivity contribution is 0.448. The molecule has 7 heteroatoms. The molecule has 0 bridgehead atoms. The molecule has 88 valence electrons. The van der Waals surface area contributed by atoms with Gasteiger partial charge in [0, 0.05) is 5.56 Å². The fourth-order valence-electron chi connectivity index (χ4n) is 1.23. The number of aromatic amines is 1. The maximum atomic E-state index is 11.4. The Labute approximate surface area is 114 Å². The zero-order chi connectivity index (χ0) is 12.6. The highest BCUT2D eigenvalue weighted by atomic mass is 79.9. The minimum atomic E-state index is -0.474. The average Bonchev–Trinajstić information content (AvgIpc) is 2.29. The van der Waals surface area contributed by atoms with Crippen LogP contribution < -0.4 is 5.56 Å². The van der Waals surface area contributed by atoms with E-state index in [1.807, 2.05) is 0 Å². The number of aromatic hydroxyl groups is 1. The highest BCUT2D eigenvalue weighted by Gasteiger charge is 2.10. The van der Waals surface area contributed by atoms with Gasteiger partial charge in [0.15, 0.2) is 0 Å². The Hall–Kier alpha value is -1.04. The number of hydrogen-bond donors (Lipinski definition) is 2. The van der Waals surface area contributed by atoms with E-state index in [1.54, 1.807) is 18.2 Å². The summed E-state index contributed by atoms with van der Waals surface area (Å²) in [6.07, 6.45) is 0. The van der Waals surface area contributed by atoms with E-state index >= 15 is 0 Å². The number of halogens is 3. The topological polar surface area (TPSA) is 66.0 Å². The first-order valence-electron chi connectivity index (χ1n) is 4.43. The number of nitrogens with zero attached hydrogens (tertiary/aromatic N) is 1. The molecule has 2 rings (SSSR count). The lowest BCUT2D eigenvalue weighted by atomic mass is 10.2. The van der Waals surface area contributed by atoms with Gasteiger partial charge in [-0.05, 0) is 34.1 Å². The van der Waals surface area contributed by atoms with Gasteiger partial charge in [-0.15, -0.1) is 0 Å². The van der Waals surface area contributed by atoms with Crippen molar-refractivity contribution >= 4 is 39.1 Å². The fraction of sp³-hybridized carbons (Fsp3) is 0. The van der Waals surface area contributed by atoms with E-state index in [9.17, 15) is 9.90 Å². The molecule has 0 saturated heterocycles. The van der Waals surface area contributed by atoms with Gasteiger partial charge in [-0.1, -0.05) is 23.2 Å². The molecule has 1 heterocycles. The monoisotopic (exact) mass is 334 g/mol. The molecule has 0 aliphatic rings. The molecule has 0 aliphatic heterocycles. The van der Waals surface area contributed by atoms with Gasteiger partial charge >= 0.3 is 0 Å². The average molecular weight is 336 g/mol. The zero-order valence-corrected chi connectivity index (χ0v) is 11.3. The van der Waals surface area contributed by atoms with Crippen molar-refractivity contribution in [2.45, 2.75) is 0 Å². The third kappa shape index (κ3) is 2.46. The third-order valence-corrected chi connectivity index (χ3v) is 3.49. The second kappa shape index (κ2) is 4.68. The van der Waals surface area contributed by atoms with Crippen LogP contribution in [0.3, 0.4) is 0 Å². The normalized spacial score (nSPS) is 10.5. The molecule has 0 fully saturated rings. The molecule has 0 atom stereocenters. The van der Waals surface area contributed by atoms with Crippen molar-refractivity contribution in [2.24, 2.45) is 0 Å². The van der Waals surface area contributed by atoms with Crippen LogP contribution in [-0.2, 0) is 0 Å². The first-order chi connectivity index (χ1) is 7.99. The fourth-order valence-corrected chi connectivity index (χ4v) is 1.71. The van der Waals surface area contributed by atoms with Gasteiger partial charge in [-0.25, -0.2) is 0 Å². The molecule has 1 aromatic heterocycles. The molecule has 2 aromatic rings. The smallest absolute Gasteiger partial charge is 0.269 e. The summed E-state index contributed by atoms with van der Waals surface area (Å²) in [7, 11) is 0. The summed E-state index contributed by atoms with van der Waals surface area (Å²) in [5.41, 5.74) is 0.0814. The predicted octanol–water partition coefficient (Wildman–Crippen LogP) is 3.21. The van der Waals surface area contributed by atoms with E-state index in [4.69, 9.17) is 23.2 Å². The second-order valence-electron chi connectivity index (χ2n) is 3.18. The van der Waals surface area contributed by atoms with Crippen molar-refractivity contribution in [1.82, 2.24) is 9.97 Å². The van der Waals surface area contributed by atoms with Crippen molar-refractivity contribution in [2.75, 3.05) is 0 Å². The molecule has 0 spiro atoms. The zero-order valence-electron chi connectivity index (χ0n) is 8.17. The first kappa shape index (κ1) is 12.4. The molecule has 0 radical (unpaired) electrons. The molecule has 0 saturated carbocycles. The molecule has 0 amide bonds. The molecule has 2 N–H and O–H groups in total. The Morgan fingerprint density at radius 1 is 1.29 bits per heavy atom. The van der Waals surface area contributed by atoms with Crippen molar-refractivity contribution in [3.63, 3.8) is 0 Å². The van der Waals surface area contributed by atoms with Crippen LogP contribution in [0.1, 0.15) is 0 Å². The SMILES string of the molecule is O=c1[nH]c(-c2ccc(Cl)c(Cl)c2)nc(O)c1Br. The van der Waals surface area contributed by atoms with E-state index in [1.165, 1.54) is 0 Å². The van der Waals surface area contributed by atoms with Crippen LogP contribution in [0.5, 0.6) is 5.88 Å². The molecular weight excluding hydrogens is 331 g/mol. The quantitative estimate of drug-likeness (QED) is 0.841. The van der Waals surface area contributed by atoms with Crippen molar-refractivity contribution in [3.05, 3.63) is 43.1 Å². The van der Waals surface area contributed by atoms with Crippen molar-refractivity contribution in [1.29, 1.82) is 0 Å². The van der Waals surface area contributed by atoms with Crippen LogP contribution >= 0.6 is 39.1 Å². The number of rotatable bonds is 1. The molecule has 4 nitrogen and oxygen atoms in total. The van der Waals surface area contributed by atoms with Crippen LogP contribution in [0.2, 0.25) is 10.0 Å². The van der Waals surface area contributed by atoms with Crippen molar-refractivity contribution in [3.8, 4) is 17.3 Å². The van der Waals surface area contributed by atoms with Gasteiger partial charge in [0.2, 0.25) is 5.88 Å². The Bertz CT molecular complexity index is 643. The van der Waals surface area contributed by atoms with Crippen molar-refractivity contribution < 1.29 is 5.11 Å². The van der Waals surface area contributed by atoms with Gasteiger partial charge in [0.1, 0.15) is 10.3 Å². The third-order valence-electron chi connectivity index (χ3n) is 2.04.